The van der Waals surface area contributed by atoms with Crippen LogP contribution in [0.2, 0.25) is 0 Å². The van der Waals surface area contributed by atoms with E-state index in [-0.39, 0.29) is 5.91 Å². The van der Waals surface area contributed by atoms with Crippen LogP contribution in [0.25, 0.3) is 11.0 Å². The molecule has 0 atom stereocenters. The number of amides is 1. The van der Waals surface area contributed by atoms with Crippen molar-refractivity contribution in [2.45, 2.75) is 46.3 Å². The van der Waals surface area contributed by atoms with Gasteiger partial charge in [0.15, 0.2) is 0 Å². The lowest BCUT2D eigenvalue weighted by molar-refractivity contribution is 0.0384. The summed E-state index contributed by atoms with van der Waals surface area (Å²) in [7, 11) is 0. The number of aryl methyl sites for hydroxylation is 1. The highest BCUT2D eigenvalue weighted by atomic mass is 19.1. The summed E-state index contributed by atoms with van der Waals surface area (Å²) in [5.74, 6) is 0.292. The first-order valence-corrected chi connectivity index (χ1v) is 13.1. The minimum absolute atomic E-state index is 0.170. The largest absolute Gasteiger partial charge is 0.379 e. The van der Waals surface area contributed by atoms with E-state index < -0.39 is 5.82 Å². The lowest BCUT2D eigenvalue weighted by Gasteiger charge is -2.26. The van der Waals surface area contributed by atoms with Crippen molar-refractivity contribution >= 4 is 16.9 Å². The van der Waals surface area contributed by atoms with Crippen LogP contribution in [0, 0.1) is 5.82 Å². The summed E-state index contributed by atoms with van der Waals surface area (Å²) >= 11 is 0. The highest BCUT2D eigenvalue weighted by Crippen LogP contribution is 2.21. The van der Waals surface area contributed by atoms with E-state index >= 15 is 0 Å². The second kappa shape index (κ2) is 12.9. The number of aromatic nitrogens is 2. The molecule has 0 spiro atoms. The Kier molecular flexibility index (Phi) is 9.44. The molecule has 4 rings (SSSR count). The van der Waals surface area contributed by atoms with Crippen LogP contribution in [0.1, 0.15) is 48.4 Å². The third-order valence-electron chi connectivity index (χ3n) is 6.56. The number of hydrogen-bond acceptors (Lipinski definition) is 5. The quantitative estimate of drug-likeness (QED) is 0.384. The van der Waals surface area contributed by atoms with Gasteiger partial charge in [0.2, 0.25) is 0 Å². The van der Waals surface area contributed by atoms with Gasteiger partial charge in [0, 0.05) is 51.4 Å². The van der Waals surface area contributed by atoms with E-state index in [4.69, 9.17) is 9.72 Å². The second-order valence-corrected chi connectivity index (χ2v) is 9.37. The first kappa shape index (κ1) is 26.3. The van der Waals surface area contributed by atoms with Gasteiger partial charge in [-0.3, -0.25) is 9.69 Å². The van der Waals surface area contributed by atoms with Crippen molar-refractivity contribution in [3.63, 3.8) is 0 Å². The molecule has 1 aromatic heterocycles. The molecule has 1 aliphatic rings. The zero-order valence-corrected chi connectivity index (χ0v) is 21.5. The van der Waals surface area contributed by atoms with Crippen LogP contribution in [-0.4, -0.2) is 71.2 Å². The smallest absolute Gasteiger partial charge is 0.254 e. The van der Waals surface area contributed by atoms with Gasteiger partial charge < -0.3 is 19.5 Å². The van der Waals surface area contributed by atoms with Crippen LogP contribution in [0.4, 0.5) is 4.39 Å². The average molecular weight is 496 g/mol. The fourth-order valence-electron chi connectivity index (χ4n) is 4.72. The Labute approximate surface area is 213 Å². The number of benzene rings is 2. The Bertz CT molecular complexity index is 1140. The number of nitrogens with zero attached hydrogens (tertiary/aromatic N) is 4. The zero-order chi connectivity index (χ0) is 25.3. The van der Waals surface area contributed by atoms with Gasteiger partial charge in [0.05, 0.1) is 30.8 Å². The van der Waals surface area contributed by atoms with Gasteiger partial charge >= 0.3 is 0 Å². The number of morpholine rings is 1. The second-order valence-electron chi connectivity index (χ2n) is 9.37. The van der Waals surface area contributed by atoms with Gasteiger partial charge in [-0.15, -0.1) is 0 Å². The summed E-state index contributed by atoms with van der Waals surface area (Å²) in [6.07, 6.45) is 1.78. The molecule has 3 aromatic rings. The highest BCUT2D eigenvalue weighted by molar-refractivity contribution is 5.94. The fourth-order valence-corrected chi connectivity index (χ4v) is 4.72. The van der Waals surface area contributed by atoms with Crippen LogP contribution in [0.3, 0.4) is 0 Å². The van der Waals surface area contributed by atoms with Crippen molar-refractivity contribution < 1.29 is 13.9 Å². The summed E-state index contributed by atoms with van der Waals surface area (Å²) < 4.78 is 21.4. The zero-order valence-electron chi connectivity index (χ0n) is 21.5. The lowest BCUT2D eigenvalue weighted by atomic mass is 10.2. The summed E-state index contributed by atoms with van der Waals surface area (Å²) in [5.41, 5.74) is 3.59. The van der Waals surface area contributed by atoms with Crippen LogP contribution in [0.15, 0.2) is 42.5 Å². The Hall–Kier alpha value is -2.81. The van der Waals surface area contributed by atoms with Gasteiger partial charge in [-0.1, -0.05) is 26.0 Å². The molecular formula is C28H38FN5O2. The third-order valence-corrected chi connectivity index (χ3v) is 6.56. The monoisotopic (exact) mass is 495 g/mol. The predicted octanol–water partition coefficient (Wildman–Crippen LogP) is 4.06. The highest BCUT2D eigenvalue weighted by Gasteiger charge is 2.20. The lowest BCUT2D eigenvalue weighted by Crippen LogP contribution is -2.40. The Morgan fingerprint density at radius 1 is 1.11 bits per heavy atom. The molecule has 0 saturated carbocycles. The van der Waals surface area contributed by atoms with Crippen LogP contribution in [0.5, 0.6) is 0 Å². The molecule has 0 aliphatic carbocycles. The SMILES string of the molecule is CCCN(Cc1nc2cc(CNCCN3CCOCC3)ccc2n1CCC)C(=O)c1cccc(F)c1. The fraction of sp³-hybridized carbons (Fsp3) is 0.500. The number of halogens is 1. The van der Waals surface area contributed by atoms with Crippen LogP contribution >= 0.6 is 0 Å². The molecule has 194 valence electrons. The molecule has 1 aliphatic heterocycles. The molecule has 36 heavy (non-hydrogen) atoms. The number of nitrogens with one attached hydrogen (secondary N) is 1. The van der Waals surface area contributed by atoms with Crippen molar-refractivity contribution in [3.8, 4) is 0 Å². The minimum atomic E-state index is -0.401. The number of fused-ring (bicyclic) bond motifs is 1. The first-order chi connectivity index (χ1) is 17.6. The van der Waals surface area contributed by atoms with Gasteiger partial charge in [0.25, 0.3) is 5.91 Å². The molecule has 0 radical (unpaired) electrons. The number of ether oxygens (including phenoxy) is 1. The molecular weight excluding hydrogens is 457 g/mol. The van der Waals surface area contributed by atoms with Gasteiger partial charge in [-0.25, -0.2) is 9.37 Å². The maximum absolute atomic E-state index is 13.8. The van der Waals surface area contributed by atoms with Gasteiger partial charge in [0.1, 0.15) is 11.6 Å². The van der Waals surface area contributed by atoms with Crippen molar-refractivity contribution in [2.24, 2.45) is 0 Å². The molecule has 2 heterocycles. The molecule has 8 heteroatoms. The summed E-state index contributed by atoms with van der Waals surface area (Å²) in [6, 6.07) is 12.3. The topological polar surface area (TPSA) is 62.6 Å². The summed E-state index contributed by atoms with van der Waals surface area (Å²) in [4.78, 5) is 22.3. The third kappa shape index (κ3) is 6.69. The van der Waals surface area contributed by atoms with E-state index in [1.807, 2.05) is 6.92 Å². The first-order valence-electron chi connectivity index (χ1n) is 13.1. The summed E-state index contributed by atoms with van der Waals surface area (Å²) in [5, 5.41) is 3.55. The summed E-state index contributed by atoms with van der Waals surface area (Å²) in [6.45, 7) is 12.4. The Morgan fingerprint density at radius 2 is 1.94 bits per heavy atom. The molecule has 0 unspecified atom stereocenters. The van der Waals surface area contributed by atoms with Crippen molar-refractivity contribution in [3.05, 3.63) is 65.2 Å². The van der Waals surface area contributed by atoms with E-state index in [0.29, 0.717) is 18.7 Å². The molecule has 1 N–H and O–H groups in total. The predicted molar refractivity (Wildman–Crippen MR) is 140 cm³/mol. The molecule has 1 amide bonds. The number of carbonyl (C=O) groups excluding carboxylic acids is 1. The Morgan fingerprint density at radius 3 is 2.69 bits per heavy atom. The molecule has 2 aromatic carbocycles. The van der Waals surface area contributed by atoms with Crippen molar-refractivity contribution in [2.75, 3.05) is 45.9 Å². The maximum atomic E-state index is 13.8. The Balaban J connectivity index is 1.47. The number of carbonyl (C=O) groups is 1. The van der Waals surface area contributed by atoms with E-state index in [2.05, 4.69) is 39.9 Å². The van der Waals surface area contributed by atoms with Crippen LogP contribution < -0.4 is 5.32 Å². The van der Waals surface area contributed by atoms with E-state index in [1.165, 1.54) is 17.7 Å². The average Bonchev–Trinajstić information content (AvgIpc) is 3.23. The number of hydrogen-bond donors (Lipinski definition) is 1. The minimum Gasteiger partial charge on any atom is -0.379 e. The van der Waals surface area contributed by atoms with Gasteiger partial charge in [-0.2, -0.15) is 0 Å². The van der Waals surface area contributed by atoms with Crippen LogP contribution in [-0.2, 0) is 24.4 Å². The number of rotatable bonds is 12. The maximum Gasteiger partial charge on any atom is 0.254 e. The number of imidazole rings is 1. The van der Waals surface area contributed by atoms with Crippen molar-refractivity contribution in [1.82, 2.24) is 24.7 Å². The van der Waals surface area contributed by atoms with E-state index in [0.717, 1.165) is 82.2 Å². The normalized spacial score (nSPS) is 14.4. The molecule has 1 saturated heterocycles. The van der Waals surface area contributed by atoms with Crippen molar-refractivity contribution in [1.29, 1.82) is 0 Å². The molecule has 0 bridgehead atoms. The van der Waals surface area contributed by atoms with E-state index in [9.17, 15) is 9.18 Å². The standard InChI is InChI=1S/C28H38FN5O2/c1-3-11-33(28(35)23-6-5-7-24(29)19-23)21-27-31-25-18-22(8-9-26(25)34(27)12-4-2)20-30-10-13-32-14-16-36-17-15-32/h5-9,18-19,30H,3-4,10-17,20-21H2,1-2H3. The van der Waals surface area contributed by atoms with Gasteiger partial charge in [-0.05, 0) is 48.7 Å². The molecule has 1 fully saturated rings. The molecule has 7 nitrogen and oxygen atoms in total. The van der Waals surface area contributed by atoms with E-state index in [1.54, 1.807) is 17.0 Å².